The number of halogens is 4. The molecule has 1 amide bonds. The first-order valence-electron chi connectivity index (χ1n) is 9.01. The summed E-state index contributed by atoms with van der Waals surface area (Å²) in [5.74, 6) is -1.59. The number of aromatic nitrogens is 2. The molecule has 3 rings (SSSR count). The van der Waals surface area contributed by atoms with Crippen LogP contribution >= 0.6 is 11.6 Å². The second-order valence-corrected chi connectivity index (χ2v) is 7.34. The minimum Gasteiger partial charge on any atom is -0.438 e. The fourth-order valence-corrected chi connectivity index (χ4v) is 3.85. The zero-order valence-electron chi connectivity index (χ0n) is 16.3. The molecule has 0 bridgehead atoms. The lowest BCUT2D eigenvalue weighted by Crippen LogP contribution is -2.21. The van der Waals surface area contributed by atoms with E-state index in [-0.39, 0.29) is 23.9 Å². The van der Waals surface area contributed by atoms with Gasteiger partial charge in [0.1, 0.15) is 0 Å². The predicted molar refractivity (Wildman–Crippen MR) is 106 cm³/mol. The number of nitrogens with two attached hydrogens (primary N) is 2. The van der Waals surface area contributed by atoms with Gasteiger partial charge >= 0.3 is 6.18 Å². The van der Waals surface area contributed by atoms with Gasteiger partial charge < -0.3 is 15.9 Å². The van der Waals surface area contributed by atoms with Gasteiger partial charge in [-0.25, -0.2) is 0 Å². The maximum atomic E-state index is 13.1. The van der Waals surface area contributed by atoms with Crippen molar-refractivity contribution < 1.29 is 22.4 Å². The molecule has 0 aliphatic heterocycles. The predicted octanol–water partition coefficient (Wildman–Crippen LogP) is 4.04. The van der Waals surface area contributed by atoms with Gasteiger partial charge in [-0.3, -0.25) is 9.48 Å². The molecule has 0 saturated heterocycles. The molecule has 0 unspecified atom stereocenters. The maximum absolute atomic E-state index is 13.1. The summed E-state index contributed by atoms with van der Waals surface area (Å²) in [5.41, 5.74) is 13.2. The van der Waals surface area contributed by atoms with E-state index in [1.165, 1.54) is 6.07 Å². The van der Waals surface area contributed by atoms with Crippen LogP contribution in [-0.2, 0) is 19.6 Å². The van der Waals surface area contributed by atoms with E-state index in [0.717, 1.165) is 17.7 Å². The number of carbonyl (C=O) groups is 1. The molecule has 30 heavy (non-hydrogen) atoms. The molecule has 0 aliphatic rings. The first-order chi connectivity index (χ1) is 14.0. The summed E-state index contributed by atoms with van der Waals surface area (Å²) in [6.45, 7) is 1.83. The van der Waals surface area contributed by atoms with Crippen LogP contribution in [0.25, 0.3) is 11.3 Å². The highest BCUT2D eigenvalue weighted by Crippen LogP contribution is 2.42. The first-order valence-corrected chi connectivity index (χ1v) is 9.39. The molecular weight excluding hydrogens is 421 g/mol. The van der Waals surface area contributed by atoms with Crippen molar-refractivity contribution in [1.82, 2.24) is 9.78 Å². The number of amides is 1. The standard InChI is InChI=1S/C20H20ClF3N4O2/c1-10-9-27-28(2)16(10)15-14(17(19(26)29)30-18(15)21)12(8-25)6-11-4-3-5-13(7-11)20(22,23)24/h3-5,7,9,12H,6,8,25H2,1-2H3,(H2,26,29)/t12-/m1/s1. The van der Waals surface area contributed by atoms with E-state index < -0.39 is 23.6 Å². The Hall–Kier alpha value is -2.78. The molecule has 10 heteroatoms. The average Bonchev–Trinajstić information content (AvgIpc) is 3.18. The third kappa shape index (κ3) is 4.08. The Morgan fingerprint density at radius 1 is 1.37 bits per heavy atom. The molecule has 3 aromatic rings. The number of aryl methyl sites for hydroxylation is 2. The topological polar surface area (TPSA) is 100 Å². The molecule has 2 aromatic heterocycles. The van der Waals surface area contributed by atoms with Crippen molar-refractivity contribution >= 4 is 17.5 Å². The van der Waals surface area contributed by atoms with Crippen molar-refractivity contribution in [2.24, 2.45) is 18.5 Å². The van der Waals surface area contributed by atoms with Gasteiger partial charge in [-0.05, 0) is 48.7 Å². The van der Waals surface area contributed by atoms with E-state index >= 15 is 0 Å². The molecule has 0 aliphatic carbocycles. The number of carbonyl (C=O) groups excluding carboxylic acids is 1. The molecule has 0 saturated carbocycles. The SMILES string of the molecule is Cc1cnn(C)c1-c1c(Cl)oc(C(N)=O)c1[C@@H](CN)Cc1cccc(C(F)(F)F)c1. The fourth-order valence-electron chi connectivity index (χ4n) is 3.58. The Morgan fingerprint density at radius 2 is 2.07 bits per heavy atom. The average molecular weight is 441 g/mol. The Bertz CT molecular complexity index is 1070. The second kappa shape index (κ2) is 8.16. The normalized spacial score (nSPS) is 12.9. The highest BCUT2D eigenvalue weighted by Gasteiger charge is 2.33. The molecule has 0 radical (unpaired) electrons. The van der Waals surface area contributed by atoms with Gasteiger partial charge in [0, 0.05) is 18.5 Å². The van der Waals surface area contributed by atoms with Crippen molar-refractivity contribution in [2.75, 3.05) is 6.54 Å². The zero-order valence-corrected chi connectivity index (χ0v) is 17.0. The molecule has 4 N–H and O–H groups in total. The van der Waals surface area contributed by atoms with Crippen LogP contribution in [-0.4, -0.2) is 22.2 Å². The molecule has 0 spiro atoms. The van der Waals surface area contributed by atoms with Gasteiger partial charge in [-0.15, -0.1) is 0 Å². The summed E-state index contributed by atoms with van der Waals surface area (Å²) in [4.78, 5) is 12.0. The maximum Gasteiger partial charge on any atom is 0.416 e. The third-order valence-electron chi connectivity index (χ3n) is 4.91. The van der Waals surface area contributed by atoms with Crippen LogP contribution in [0.1, 0.15) is 38.7 Å². The van der Waals surface area contributed by atoms with Gasteiger partial charge in [0.2, 0.25) is 5.22 Å². The van der Waals surface area contributed by atoms with Gasteiger partial charge in [0.15, 0.2) is 5.76 Å². The van der Waals surface area contributed by atoms with Gasteiger partial charge in [-0.1, -0.05) is 18.2 Å². The summed E-state index contributed by atoms with van der Waals surface area (Å²) in [6.07, 6.45) is -2.72. The highest BCUT2D eigenvalue weighted by molar-refractivity contribution is 6.32. The quantitative estimate of drug-likeness (QED) is 0.604. The van der Waals surface area contributed by atoms with Crippen LogP contribution < -0.4 is 11.5 Å². The van der Waals surface area contributed by atoms with E-state index in [2.05, 4.69) is 5.10 Å². The Morgan fingerprint density at radius 3 is 2.60 bits per heavy atom. The van der Waals surface area contributed by atoms with Crippen LogP contribution in [0, 0.1) is 6.92 Å². The van der Waals surface area contributed by atoms with Crippen LogP contribution in [0.5, 0.6) is 0 Å². The summed E-state index contributed by atoms with van der Waals surface area (Å²) in [7, 11) is 1.70. The largest absolute Gasteiger partial charge is 0.438 e. The summed E-state index contributed by atoms with van der Waals surface area (Å²) in [6, 6.07) is 4.95. The van der Waals surface area contributed by atoms with Gasteiger partial charge in [0.25, 0.3) is 5.91 Å². The fraction of sp³-hybridized carbons (Fsp3) is 0.300. The van der Waals surface area contributed by atoms with E-state index in [1.54, 1.807) is 24.0 Å². The second-order valence-electron chi connectivity index (χ2n) is 6.99. The molecule has 160 valence electrons. The molecular formula is C20H20ClF3N4O2. The Kier molecular flexibility index (Phi) is 5.96. The number of nitrogens with zero attached hydrogens (tertiary/aromatic N) is 2. The number of alkyl halides is 3. The molecule has 0 fully saturated rings. The van der Waals surface area contributed by atoms with Crippen LogP contribution in [0.3, 0.4) is 0 Å². The number of benzene rings is 1. The van der Waals surface area contributed by atoms with Crippen molar-refractivity contribution in [3.05, 3.63) is 63.7 Å². The molecule has 1 aromatic carbocycles. The first kappa shape index (κ1) is 21.9. The van der Waals surface area contributed by atoms with E-state index in [4.69, 9.17) is 27.5 Å². The van der Waals surface area contributed by atoms with E-state index in [0.29, 0.717) is 22.4 Å². The number of rotatable bonds is 6. The number of furan rings is 1. The van der Waals surface area contributed by atoms with Crippen molar-refractivity contribution in [3.63, 3.8) is 0 Å². The highest BCUT2D eigenvalue weighted by atomic mass is 35.5. The summed E-state index contributed by atoms with van der Waals surface area (Å²) < 4.78 is 46.3. The lowest BCUT2D eigenvalue weighted by atomic mass is 9.87. The lowest BCUT2D eigenvalue weighted by molar-refractivity contribution is -0.137. The minimum atomic E-state index is -4.47. The Labute approximate surface area is 175 Å². The molecule has 6 nitrogen and oxygen atoms in total. The van der Waals surface area contributed by atoms with Crippen molar-refractivity contribution in [2.45, 2.75) is 25.4 Å². The Balaban J connectivity index is 2.14. The van der Waals surface area contributed by atoms with Gasteiger partial charge in [-0.2, -0.15) is 18.3 Å². The van der Waals surface area contributed by atoms with Crippen LogP contribution in [0.15, 0.2) is 34.9 Å². The van der Waals surface area contributed by atoms with Crippen LogP contribution in [0.2, 0.25) is 5.22 Å². The van der Waals surface area contributed by atoms with Crippen LogP contribution in [0.4, 0.5) is 13.2 Å². The molecule has 1 atom stereocenters. The van der Waals surface area contributed by atoms with Crippen molar-refractivity contribution in [3.8, 4) is 11.3 Å². The number of hydrogen-bond donors (Lipinski definition) is 2. The summed E-state index contributed by atoms with van der Waals surface area (Å²) >= 11 is 6.31. The minimum absolute atomic E-state index is 0.0241. The lowest BCUT2D eigenvalue weighted by Gasteiger charge is -2.18. The smallest absolute Gasteiger partial charge is 0.416 e. The zero-order chi connectivity index (χ0) is 22.2. The summed E-state index contributed by atoms with van der Waals surface area (Å²) in [5, 5.41) is 4.12. The van der Waals surface area contributed by atoms with Gasteiger partial charge in [0.05, 0.1) is 23.0 Å². The number of primary amides is 1. The van der Waals surface area contributed by atoms with Crippen molar-refractivity contribution in [1.29, 1.82) is 0 Å². The van der Waals surface area contributed by atoms with E-state index in [1.807, 2.05) is 6.92 Å². The third-order valence-corrected chi connectivity index (χ3v) is 5.18. The van der Waals surface area contributed by atoms with E-state index in [9.17, 15) is 18.0 Å². The number of hydrogen-bond acceptors (Lipinski definition) is 4. The molecule has 2 heterocycles. The monoisotopic (exact) mass is 440 g/mol.